The normalized spacial score (nSPS) is 27.7. The Morgan fingerprint density at radius 3 is 3.12 bits per heavy atom. The van der Waals surface area contributed by atoms with Gasteiger partial charge >= 0.3 is 0 Å². The van der Waals surface area contributed by atoms with E-state index in [1.165, 1.54) is 18.5 Å². The van der Waals surface area contributed by atoms with E-state index in [0.717, 1.165) is 25.1 Å². The molecule has 0 amide bonds. The number of rotatable bonds is 1. The number of phenolic OH excluding ortho intramolecular Hbond substituents is 1. The van der Waals surface area contributed by atoms with Gasteiger partial charge in [0.15, 0.2) is 0 Å². The average molecular weight is 218 g/mol. The maximum atomic E-state index is 9.88. The molecule has 2 unspecified atom stereocenters. The molecular formula is C13H18N2O. The predicted molar refractivity (Wildman–Crippen MR) is 64.7 cm³/mol. The zero-order valence-corrected chi connectivity index (χ0v) is 9.39. The van der Waals surface area contributed by atoms with E-state index in [2.05, 4.69) is 11.0 Å². The maximum Gasteiger partial charge on any atom is 0.120 e. The molecule has 0 radical (unpaired) electrons. The van der Waals surface area contributed by atoms with Crippen LogP contribution < -0.4 is 10.6 Å². The second-order valence-corrected chi connectivity index (χ2v) is 4.88. The van der Waals surface area contributed by atoms with E-state index in [4.69, 9.17) is 5.73 Å². The standard InChI is InChI=1S/C13H18N2O/c14-8-9-3-2-6-15-11-4-1-5-13(16)10(11)7-12(9)15/h1,4-5,9,12,16H,2-3,6-8,14H2. The summed E-state index contributed by atoms with van der Waals surface area (Å²) in [5, 5.41) is 9.88. The monoisotopic (exact) mass is 218 g/mol. The zero-order valence-electron chi connectivity index (χ0n) is 9.39. The molecule has 0 bridgehead atoms. The van der Waals surface area contributed by atoms with Crippen LogP contribution in [0.2, 0.25) is 0 Å². The summed E-state index contributed by atoms with van der Waals surface area (Å²) in [4.78, 5) is 2.44. The van der Waals surface area contributed by atoms with Crippen LogP contribution >= 0.6 is 0 Å². The van der Waals surface area contributed by atoms with Crippen molar-refractivity contribution in [1.29, 1.82) is 0 Å². The lowest BCUT2D eigenvalue weighted by atomic mass is 9.88. The first-order valence-corrected chi connectivity index (χ1v) is 6.09. The molecular weight excluding hydrogens is 200 g/mol. The van der Waals surface area contributed by atoms with Crippen LogP contribution in [0.15, 0.2) is 18.2 Å². The summed E-state index contributed by atoms with van der Waals surface area (Å²) in [6, 6.07) is 6.35. The van der Waals surface area contributed by atoms with Crippen molar-refractivity contribution in [2.45, 2.75) is 25.3 Å². The van der Waals surface area contributed by atoms with E-state index in [9.17, 15) is 5.11 Å². The highest BCUT2D eigenvalue weighted by Crippen LogP contribution is 2.42. The molecule has 86 valence electrons. The Bertz CT molecular complexity index is 405. The summed E-state index contributed by atoms with van der Waals surface area (Å²) >= 11 is 0. The number of nitrogens with two attached hydrogens (primary N) is 1. The molecule has 2 atom stereocenters. The summed E-state index contributed by atoms with van der Waals surface area (Å²) in [6.45, 7) is 1.87. The highest BCUT2D eigenvalue weighted by molar-refractivity contribution is 5.64. The number of phenols is 1. The first kappa shape index (κ1) is 9.97. The first-order valence-electron chi connectivity index (χ1n) is 6.09. The number of benzene rings is 1. The first-order chi connectivity index (χ1) is 7.81. The maximum absolute atomic E-state index is 9.88. The van der Waals surface area contributed by atoms with Crippen molar-refractivity contribution in [3.8, 4) is 5.75 Å². The van der Waals surface area contributed by atoms with Crippen molar-refractivity contribution < 1.29 is 5.11 Å². The quantitative estimate of drug-likeness (QED) is 0.751. The second kappa shape index (κ2) is 3.67. The Hall–Kier alpha value is -1.22. The van der Waals surface area contributed by atoms with E-state index in [1.807, 2.05) is 6.07 Å². The summed E-state index contributed by atoms with van der Waals surface area (Å²) in [5.41, 5.74) is 8.19. The number of fused-ring (bicyclic) bond motifs is 3. The SMILES string of the molecule is NCC1CCCN2c3cccc(O)c3CC12. The third-order valence-corrected chi connectivity index (χ3v) is 4.07. The fraction of sp³-hybridized carbons (Fsp3) is 0.538. The molecule has 2 aliphatic rings. The predicted octanol–water partition coefficient (Wildman–Crippen LogP) is 1.49. The molecule has 3 N–H and O–H groups in total. The van der Waals surface area contributed by atoms with Gasteiger partial charge in [-0.15, -0.1) is 0 Å². The van der Waals surface area contributed by atoms with Gasteiger partial charge < -0.3 is 15.7 Å². The summed E-state index contributed by atoms with van der Waals surface area (Å²) < 4.78 is 0. The van der Waals surface area contributed by atoms with Crippen molar-refractivity contribution in [3.05, 3.63) is 23.8 Å². The minimum atomic E-state index is 0.447. The Morgan fingerprint density at radius 2 is 2.31 bits per heavy atom. The molecule has 2 heterocycles. The number of nitrogens with zero attached hydrogens (tertiary/aromatic N) is 1. The Morgan fingerprint density at radius 1 is 1.44 bits per heavy atom. The van der Waals surface area contributed by atoms with Crippen molar-refractivity contribution in [2.75, 3.05) is 18.0 Å². The topological polar surface area (TPSA) is 49.5 Å². The van der Waals surface area contributed by atoms with E-state index in [0.29, 0.717) is 17.7 Å². The van der Waals surface area contributed by atoms with Crippen LogP contribution in [0.1, 0.15) is 18.4 Å². The number of hydrogen-bond acceptors (Lipinski definition) is 3. The van der Waals surface area contributed by atoms with Crippen molar-refractivity contribution in [2.24, 2.45) is 11.7 Å². The van der Waals surface area contributed by atoms with Crippen molar-refractivity contribution in [3.63, 3.8) is 0 Å². The van der Waals surface area contributed by atoms with E-state index >= 15 is 0 Å². The van der Waals surface area contributed by atoms with Crippen LogP contribution in [0.25, 0.3) is 0 Å². The smallest absolute Gasteiger partial charge is 0.120 e. The lowest BCUT2D eigenvalue weighted by Gasteiger charge is -2.38. The summed E-state index contributed by atoms with van der Waals surface area (Å²) in [5.74, 6) is 1.03. The summed E-state index contributed by atoms with van der Waals surface area (Å²) in [6.07, 6.45) is 3.41. The lowest BCUT2D eigenvalue weighted by Crippen LogP contribution is -2.45. The second-order valence-electron chi connectivity index (χ2n) is 4.88. The van der Waals surface area contributed by atoms with Crippen LogP contribution in [-0.4, -0.2) is 24.2 Å². The molecule has 3 rings (SSSR count). The molecule has 0 spiro atoms. The van der Waals surface area contributed by atoms with Gasteiger partial charge in [-0.25, -0.2) is 0 Å². The van der Waals surface area contributed by atoms with E-state index in [1.54, 1.807) is 6.07 Å². The third kappa shape index (κ3) is 1.31. The Labute approximate surface area is 95.9 Å². The van der Waals surface area contributed by atoms with E-state index in [-0.39, 0.29) is 0 Å². The van der Waals surface area contributed by atoms with Gasteiger partial charge in [0.2, 0.25) is 0 Å². The minimum absolute atomic E-state index is 0.447. The van der Waals surface area contributed by atoms with E-state index < -0.39 is 0 Å². The van der Waals surface area contributed by atoms with Crippen LogP contribution in [0.5, 0.6) is 5.75 Å². The molecule has 3 nitrogen and oxygen atoms in total. The highest BCUT2D eigenvalue weighted by Gasteiger charge is 2.37. The molecule has 1 saturated heterocycles. The van der Waals surface area contributed by atoms with Crippen LogP contribution in [0, 0.1) is 5.92 Å². The number of anilines is 1. The van der Waals surface area contributed by atoms with Gasteiger partial charge in [-0.3, -0.25) is 0 Å². The Balaban J connectivity index is 1.99. The molecule has 0 aromatic heterocycles. The van der Waals surface area contributed by atoms with Crippen molar-refractivity contribution >= 4 is 5.69 Å². The third-order valence-electron chi connectivity index (χ3n) is 4.07. The fourth-order valence-electron chi connectivity index (χ4n) is 3.24. The largest absolute Gasteiger partial charge is 0.508 e. The molecule has 0 saturated carbocycles. The fourth-order valence-corrected chi connectivity index (χ4v) is 3.24. The van der Waals surface area contributed by atoms with Crippen molar-refractivity contribution in [1.82, 2.24) is 0 Å². The zero-order chi connectivity index (χ0) is 11.1. The number of aromatic hydroxyl groups is 1. The molecule has 16 heavy (non-hydrogen) atoms. The van der Waals surface area contributed by atoms with Gasteiger partial charge in [-0.1, -0.05) is 6.07 Å². The molecule has 3 heteroatoms. The highest BCUT2D eigenvalue weighted by atomic mass is 16.3. The van der Waals surface area contributed by atoms with Gasteiger partial charge in [0.25, 0.3) is 0 Å². The van der Waals surface area contributed by atoms with Gasteiger partial charge in [-0.05, 0) is 43.9 Å². The molecule has 2 aliphatic heterocycles. The summed E-state index contributed by atoms with van der Waals surface area (Å²) in [7, 11) is 0. The Kier molecular flexibility index (Phi) is 2.28. The molecule has 0 aliphatic carbocycles. The van der Waals surface area contributed by atoms with Crippen LogP contribution in [0.3, 0.4) is 0 Å². The van der Waals surface area contributed by atoms with Gasteiger partial charge in [0.05, 0.1) is 0 Å². The lowest BCUT2D eigenvalue weighted by molar-refractivity contribution is 0.338. The number of hydrogen-bond donors (Lipinski definition) is 2. The molecule has 1 aromatic rings. The minimum Gasteiger partial charge on any atom is -0.508 e. The molecule has 1 aromatic carbocycles. The van der Waals surface area contributed by atoms with Gasteiger partial charge in [0, 0.05) is 23.8 Å². The van der Waals surface area contributed by atoms with Gasteiger partial charge in [0.1, 0.15) is 5.75 Å². The van der Waals surface area contributed by atoms with Crippen LogP contribution in [0.4, 0.5) is 5.69 Å². The van der Waals surface area contributed by atoms with Gasteiger partial charge in [-0.2, -0.15) is 0 Å². The average Bonchev–Trinajstić information content (AvgIpc) is 2.69. The number of piperidine rings is 1. The molecule has 1 fully saturated rings. The van der Waals surface area contributed by atoms with Crippen LogP contribution in [-0.2, 0) is 6.42 Å².